The Labute approximate surface area is 176 Å². The first-order valence-electron chi connectivity index (χ1n) is 12.1. The molecular weight excluding hydrogens is 367 g/mol. The molecule has 4 rings (SSSR count). The fraction of sp³-hybridized carbons (Fsp3) is 0.769. The Morgan fingerprint density at radius 3 is 2.21 bits per heavy atom. The summed E-state index contributed by atoms with van der Waals surface area (Å²) < 4.78 is 13.8. The maximum atomic E-state index is 13.8. The van der Waals surface area contributed by atoms with Crippen LogP contribution in [0.2, 0.25) is 5.02 Å². The Kier molecular flexibility index (Phi) is 7.02. The van der Waals surface area contributed by atoms with E-state index in [0.29, 0.717) is 5.92 Å². The molecule has 4 atom stereocenters. The van der Waals surface area contributed by atoms with Crippen molar-refractivity contribution in [3.05, 3.63) is 34.6 Å². The highest BCUT2D eigenvalue weighted by Gasteiger charge is 2.38. The first-order chi connectivity index (χ1) is 13.6. The van der Waals surface area contributed by atoms with Crippen molar-refractivity contribution in [1.29, 1.82) is 0 Å². The van der Waals surface area contributed by atoms with Crippen molar-refractivity contribution < 1.29 is 4.39 Å². The van der Waals surface area contributed by atoms with Gasteiger partial charge in [-0.15, -0.1) is 0 Å². The third kappa shape index (κ3) is 4.77. The van der Waals surface area contributed by atoms with Gasteiger partial charge in [0.1, 0.15) is 5.82 Å². The first-order valence-corrected chi connectivity index (χ1v) is 12.5. The van der Waals surface area contributed by atoms with E-state index in [-0.39, 0.29) is 10.8 Å². The number of fused-ring (bicyclic) bond motifs is 1. The van der Waals surface area contributed by atoms with E-state index >= 15 is 0 Å². The molecule has 3 aliphatic rings. The van der Waals surface area contributed by atoms with Crippen molar-refractivity contribution in [2.75, 3.05) is 0 Å². The van der Waals surface area contributed by atoms with E-state index in [2.05, 4.69) is 6.92 Å². The minimum atomic E-state index is -0.255. The van der Waals surface area contributed by atoms with Gasteiger partial charge in [-0.25, -0.2) is 4.39 Å². The zero-order valence-electron chi connectivity index (χ0n) is 17.6. The van der Waals surface area contributed by atoms with Crippen LogP contribution < -0.4 is 0 Å². The largest absolute Gasteiger partial charge is 0.205 e. The predicted molar refractivity (Wildman–Crippen MR) is 117 cm³/mol. The summed E-state index contributed by atoms with van der Waals surface area (Å²) >= 11 is 5.86. The molecule has 0 heterocycles. The van der Waals surface area contributed by atoms with Crippen LogP contribution in [0.3, 0.4) is 0 Å². The van der Waals surface area contributed by atoms with E-state index in [1.54, 1.807) is 12.1 Å². The second-order valence-electron chi connectivity index (χ2n) is 10.2. The zero-order chi connectivity index (χ0) is 19.5. The summed E-state index contributed by atoms with van der Waals surface area (Å²) in [7, 11) is 0. The lowest BCUT2D eigenvalue weighted by molar-refractivity contribution is 0.0614. The van der Waals surface area contributed by atoms with E-state index in [0.717, 1.165) is 35.2 Å². The van der Waals surface area contributed by atoms with Crippen LogP contribution in [0.4, 0.5) is 4.39 Å². The molecule has 1 aromatic rings. The summed E-state index contributed by atoms with van der Waals surface area (Å²) in [4.78, 5) is 0. The van der Waals surface area contributed by atoms with E-state index in [9.17, 15) is 4.39 Å². The molecule has 0 bridgehead atoms. The molecule has 0 N–H and O–H groups in total. The van der Waals surface area contributed by atoms with Gasteiger partial charge in [0.15, 0.2) is 0 Å². The Morgan fingerprint density at radius 2 is 1.50 bits per heavy atom. The maximum Gasteiger partial charge on any atom is 0.142 e. The quantitative estimate of drug-likeness (QED) is 0.459. The summed E-state index contributed by atoms with van der Waals surface area (Å²) in [5.41, 5.74) is 1.16. The van der Waals surface area contributed by atoms with Crippen LogP contribution in [-0.2, 0) is 0 Å². The van der Waals surface area contributed by atoms with Crippen molar-refractivity contribution in [3.8, 4) is 0 Å². The molecule has 0 nitrogen and oxygen atoms in total. The zero-order valence-corrected chi connectivity index (χ0v) is 18.4. The number of unbranched alkanes of at least 4 members (excludes halogenated alkanes) is 1. The molecule has 0 spiro atoms. The lowest BCUT2D eigenvalue weighted by atomic mass is 9.60. The van der Waals surface area contributed by atoms with Gasteiger partial charge < -0.3 is 0 Å². The van der Waals surface area contributed by atoms with E-state index in [4.69, 9.17) is 11.6 Å². The minimum absolute atomic E-state index is 0.249. The molecule has 4 unspecified atom stereocenters. The van der Waals surface area contributed by atoms with Crippen molar-refractivity contribution >= 4 is 11.6 Å². The predicted octanol–water partition coefficient (Wildman–Crippen LogP) is 8.78. The van der Waals surface area contributed by atoms with Crippen LogP contribution >= 0.6 is 11.6 Å². The highest BCUT2D eigenvalue weighted by molar-refractivity contribution is 6.30. The molecular formula is C26H38ClF. The standard InChI is InChI=1S/C26H38ClF/c1-2-3-4-18-5-6-23-16-22(12-11-21(23)15-18)19-7-9-20(10-8-19)24-13-14-25(27)26(28)17-24/h13-14,17-23H,2-12,15-16H2,1H3. The molecule has 0 amide bonds. The number of benzene rings is 1. The van der Waals surface area contributed by atoms with Gasteiger partial charge in [0.2, 0.25) is 0 Å². The van der Waals surface area contributed by atoms with Crippen molar-refractivity contribution in [3.63, 3.8) is 0 Å². The van der Waals surface area contributed by atoms with E-state index < -0.39 is 0 Å². The molecule has 3 fully saturated rings. The average Bonchev–Trinajstić information content (AvgIpc) is 2.74. The number of halogens is 2. The summed E-state index contributed by atoms with van der Waals surface area (Å²) in [6.45, 7) is 2.33. The fourth-order valence-electron chi connectivity index (χ4n) is 6.90. The van der Waals surface area contributed by atoms with Gasteiger partial charge in [-0.05, 0) is 111 Å². The van der Waals surface area contributed by atoms with Gasteiger partial charge in [0.25, 0.3) is 0 Å². The highest BCUT2D eigenvalue weighted by Crippen LogP contribution is 2.50. The Hall–Kier alpha value is -0.560. The lowest BCUT2D eigenvalue weighted by Crippen LogP contribution is -2.34. The fourth-order valence-corrected chi connectivity index (χ4v) is 7.01. The maximum absolute atomic E-state index is 13.8. The van der Waals surface area contributed by atoms with Gasteiger partial charge in [0.05, 0.1) is 5.02 Å². The van der Waals surface area contributed by atoms with Gasteiger partial charge in [-0.2, -0.15) is 0 Å². The van der Waals surface area contributed by atoms with Gasteiger partial charge in [0, 0.05) is 0 Å². The van der Waals surface area contributed by atoms with Crippen LogP contribution in [0, 0.1) is 35.4 Å². The SMILES string of the molecule is CCCCC1CCC2CC(C3CCC(c4ccc(Cl)c(F)c4)CC3)CCC2C1. The second kappa shape index (κ2) is 9.50. The smallest absolute Gasteiger partial charge is 0.142 e. The molecule has 3 saturated carbocycles. The molecule has 3 aliphatic carbocycles. The van der Waals surface area contributed by atoms with Gasteiger partial charge >= 0.3 is 0 Å². The van der Waals surface area contributed by atoms with Crippen LogP contribution in [-0.4, -0.2) is 0 Å². The molecule has 156 valence electrons. The van der Waals surface area contributed by atoms with Crippen LogP contribution in [0.1, 0.15) is 102 Å². The Morgan fingerprint density at radius 1 is 0.857 bits per heavy atom. The van der Waals surface area contributed by atoms with Crippen molar-refractivity contribution in [2.45, 2.75) is 96.3 Å². The molecule has 1 aromatic carbocycles. The molecule has 28 heavy (non-hydrogen) atoms. The van der Waals surface area contributed by atoms with Crippen LogP contribution in [0.25, 0.3) is 0 Å². The lowest BCUT2D eigenvalue weighted by Gasteiger charge is -2.45. The molecule has 0 saturated heterocycles. The van der Waals surface area contributed by atoms with E-state index in [1.165, 1.54) is 83.5 Å². The van der Waals surface area contributed by atoms with Crippen LogP contribution in [0.15, 0.2) is 18.2 Å². The first kappa shape index (κ1) is 20.7. The monoisotopic (exact) mass is 404 g/mol. The topological polar surface area (TPSA) is 0 Å². The third-order valence-corrected chi connectivity index (χ3v) is 8.89. The summed E-state index contributed by atoms with van der Waals surface area (Å²) in [6.07, 6.45) is 18.5. The Bertz CT molecular complexity index is 633. The summed E-state index contributed by atoms with van der Waals surface area (Å²) in [5, 5.41) is 0.249. The average molecular weight is 405 g/mol. The van der Waals surface area contributed by atoms with Crippen molar-refractivity contribution in [1.82, 2.24) is 0 Å². The molecule has 0 radical (unpaired) electrons. The number of rotatable bonds is 5. The van der Waals surface area contributed by atoms with Crippen molar-refractivity contribution in [2.24, 2.45) is 29.6 Å². The molecule has 0 aromatic heterocycles. The van der Waals surface area contributed by atoms with Crippen LogP contribution in [0.5, 0.6) is 0 Å². The summed E-state index contributed by atoms with van der Waals surface area (Å²) in [6, 6.07) is 5.45. The second-order valence-corrected chi connectivity index (χ2v) is 10.6. The normalized spacial score (nSPS) is 36.1. The summed E-state index contributed by atoms with van der Waals surface area (Å²) in [5.74, 6) is 5.28. The number of hydrogen-bond donors (Lipinski definition) is 0. The van der Waals surface area contributed by atoms with Gasteiger partial charge in [-0.1, -0.05) is 50.3 Å². The van der Waals surface area contributed by atoms with Gasteiger partial charge in [-0.3, -0.25) is 0 Å². The highest BCUT2D eigenvalue weighted by atomic mass is 35.5. The van der Waals surface area contributed by atoms with E-state index in [1.807, 2.05) is 6.07 Å². The Balaban J connectivity index is 1.26. The number of hydrogen-bond acceptors (Lipinski definition) is 0. The third-order valence-electron chi connectivity index (χ3n) is 8.58. The minimum Gasteiger partial charge on any atom is -0.205 e. The molecule has 0 aliphatic heterocycles. The molecule has 2 heteroatoms.